The van der Waals surface area contributed by atoms with Gasteiger partial charge in [-0.25, -0.2) is 8.42 Å². The highest BCUT2D eigenvalue weighted by molar-refractivity contribution is 7.93. The lowest BCUT2D eigenvalue weighted by Gasteiger charge is -2.09. The molecule has 0 spiro atoms. The van der Waals surface area contributed by atoms with Crippen LogP contribution in [0.3, 0.4) is 0 Å². The van der Waals surface area contributed by atoms with Crippen LogP contribution in [0.4, 0.5) is 5.69 Å². The van der Waals surface area contributed by atoms with Crippen LogP contribution in [0.5, 0.6) is 0 Å². The number of aryl methyl sites for hydroxylation is 1. The van der Waals surface area contributed by atoms with E-state index in [2.05, 4.69) is 23.7 Å². The molecule has 4 aromatic rings. The summed E-state index contributed by atoms with van der Waals surface area (Å²) < 4.78 is 37.9. The number of hydrogen-bond acceptors (Lipinski definition) is 7. The Morgan fingerprint density at radius 2 is 1.88 bits per heavy atom. The van der Waals surface area contributed by atoms with Crippen LogP contribution in [-0.4, -0.2) is 31.9 Å². The fourth-order valence-electron chi connectivity index (χ4n) is 2.44. The zero-order valence-electron chi connectivity index (χ0n) is 13.0. The van der Waals surface area contributed by atoms with Crippen molar-refractivity contribution in [3.05, 3.63) is 48.8 Å². The van der Waals surface area contributed by atoms with E-state index in [1.807, 2.05) is 7.05 Å². The van der Waals surface area contributed by atoms with E-state index in [-0.39, 0.29) is 4.90 Å². The van der Waals surface area contributed by atoms with Gasteiger partial charge in [-0.05, 0) is 36.4 Å². The average Bonchev–Trinajstić information content (AvgIpc) is 3.23. The quantitative estimate of drug-likeness (QED) is 0.590. The molecule has 0 fully saturated rings. The molecule has 2 heterocycles. The topological polar surface area (TPSA) is 103 Å². The van der Waals surface area contributed by atoms with Gasteiger partial charge < -0.3 is 4.57 Å². The first-order valence-electron chi connectivity index (χ1n) is 7.23. The lowest BCUT2D eigenvalue weighted by Crippen LogP contribution is -2.13. The molecule has 8 nitrogen and oxygen atoms in total. The Bertz CT molecular complexity index is 1150. The van der Waals surface area contributed by atoms with E-state index in [9.17, 15) is 8.42 Å². The summed E-state index contributed by atoms with van der Waals surface area (Å²) in [5.74, 6) is 0.702. The Morgan fingerprint density at radius 3 is 2.60 bits per heavy atom. The van der Waals surface area contributed by atoms with Crippen LogP contribution in [0.2, 0.25) is 0 Å². The summed E-state index contributed by atoms with van der Waals surface area (Å²) in [7, 11) is -1.92. The van der Waals surface area contributed by atoms with Crippen LogP contribution in [-0.2, 0) is 17.1 Å². The average molecular weight is 372 g/mol. The molecule has 2 aromatic carbocycles. The zero-order valence-corrected chi connectivity index (χ0v) is 14.6. The number of sulfonamides is 1. The van der Waals surface area contributed by atoms with Gasteiger partial charge >= 0.3 is 0 Å². The highest BCUT2D eigenvalue weighted by Gasteiger charge is 2.19. The molecule has 4 rings (SSSR count). The molecule has 0 saturated carbocycles. The summed E-state index contributed by atoms with van der Waals surface area (Å²) in [6.07, 6.45) is 1.61. The van der Waals surface area contributed by atoms with Crippen LogP contribution in [0.25, 0.3) is 22.4 Å². The molecular formula is C15H12N6O2S2. The van der Waals surface area contributed by atoms with E-state index >= 15 is 0 Å². The maximum Gasteiger partial charge on any atom is 0.264 e. The number of rotatable bonds is 4. The van der Waals surface area contributed by atoms with E-state index in [0.29, 0.717) is 22.5 Å². The predicted molar refractivity (Wildman–Crippen MR) is 94.7 cm³/mol. The summed E-state index contributed by atoms with van der Waals surface area (Å²) in [6, 6.07) is 11.8. The summed E-state index contributed by atoms with van der Waals surface area (Å²) in [5.41, 5.74) is 2.22. The molecule has 0 amide bonds. The second-order valence-electron chi connectivity index (χ2n) is 5.34. The van der Waals surface area contributed by atoms with Crippen molar-refractivity contribution in [2.24, 2.45) is 7.05 Å². The van der Waals surface area contributed by atoms with Gasteiger partial charge in [-0.3, -0.25) is 4.72 Å². The highest BCUT2D eigenvalue weighted by Crippen LogP contribution is 2.25. The lowest BCUT2D eigenvalue weighted by atomic mass is 10.2. The second-order valence-corrected chi connectivity index (χ2v) is 7.52. The monoisotopic (exact) mass is 372 g/mol. The maximum absolute atomic E-state index is 12.7. The van der Waals surface area contributed by atoms with Gasteiger partial charge in [0.2, 0.25) is 0 Å². The molecule has 0 aliphatic heterocycles. The third-order valence-corrected chi connectivity index (χ3v) is 5.60. The lowest BCUT2D eigenvalue weighted by molar-refractivity contribution is 0.602. The molecule has 2 aromatic heterocycles. The standard InChI is InChI=1S/C15H12N6O2S2/c1-21-9-16-17-15(21)10-5-7-11(8-6-10)20-25(22,23)13-4-2-3-12-14(13)19-24-18-12/h2-9,20H,1H3. The van der Waals surface area contributed by atoms with E-state index in [1.54, 1.807) is 47.3 Å². The molecule has 126 valence electrons. The minimum Gasteiger partial charge on any atom is -0.317 e. The number of benzene rings is 2. The van der Waals surface area contributed by atoms with Crippen molar-refractivity contribution >= 4 is 38.5 Å². The molecule has 0 saturated heterocycles. The van der Waals surface area contributed by atoms with Gasteiger partial charge in [-0.1, -0.05) is 6.07 Å². The van der Waals surface area contributed by atoms with E-state index in [1.165, 1.54) is 6.07 Å². The maximum atomic E-state index is 12.7. The molecule has 0 radical (unpaired) electrons. The van der Waals surface area contributed by atoms with Crippen molar-refractivity contribution < 1.29 is 8.42 Å². The molecule has 1 N–H and O–H groups in total. The molecule has 0 aliphatic carbocycles. The minimum absolute atomic E-state index is 0.108. The van der Waals surface area contributed by atoms with Crippen LogP contribution in [0, 0.1) is 0 Å². The molecule has 10 heteroatoms. The molecule has 0 aliphatic rings. The Balaban J connectivity index is 1.65. The molecule has 0 unspecified atom stereocenters. The highest BCUT2D eigenvalue weighted by atomic mass is 32.2. The van der Waals surface area contributed by atoms with Crippen molar-refractivity contribution in [3.8, 4) is 11.4 Å². The van der Waals surface area contributed by atoms with E-state index in [0.717, 1.165) is 17.3 Å². The molecule has 25 heavy (non-hydrogen) atoms. The van der Waals surface area contributed by atoms with Crippen molar-refractivity contribution in [2.45, 2.75) is 4.90 Å². The summed E-state index contributed by atoms with van der Waals surface area (Å²) >= 11 is 0.984. The van der Waals surface area contributed by atoms with Gasteiger partial charge in [-0.15, -0.1) is 10.2 Å². The summed E-state index contributed by atoms with van der Waals surface area (Å²) in [6.45, 7) is 0. The fraction of sp³-hybridized carbons (Fsp3) is 0.0667. The molecule has 0 atom stereocenters. The Kier molecular flexibility index (Phi) is 3.70. The van der Waals surface area contributed by atoms with Crippen LogP contribution >= 0.6 is 11.7 Å². The number of nitrogens with zero attached hydrogens (tertiary/aromatic N) is 5. The molecule has 0 bridgehead atoms. The minimum atomic E-state index is -3.76. The zero-order chi connectivity index (χ0) is 17.4. The Hall–Kier alpha value is -2.85. The number of fused-ring (bicyclic) bond motifs is 1. The number of aromatic nitrogens is 5. The third-order valence-electron chi connectivity index (χ3n) is 3.65. The van der Waals surface area contributed by atoms with Crippen LogP contribution in [0.1, 0.15) is 0 Å². The normalized spacial score (nSPS) is 11.7. The van der Waals surface area contributed by atoms with E-state index in [4.69, 9.17) is 0 Å². The summed E-state index contributed by atoms with van der Waals surface area (Å²) in [4.78, 5) is 0.108. The fourth-order valence-corrected chi connectivity index (χ4v) is 4.27. The van der Waals surface area contributed by atoms with Crippen LogP contribution < -0.4 is 4.72 Å². The Morgan fingerprint density at radius 1 is 1.08 bits per heavy atom. The first-order chi connectivity index (χ1) is 12.0. The SMILES string of the molecule is Cn1cnnc1-c1ccc(NS(=O)(=O)c2cccc3nsnc23)cc1. The van der Waals surface area contributed by atoms with Gasteiger partial charge in [0, 0.05) is 18.3 Å². The first-order valence-corrected chi connectivity index (χ1v) is 9.44. The van der Waals surface area contributed by atoms with Gasteiger partial charge in [-0.2, -0.15) is 8.75 Å². The number of anilines is 1. The third kappa shape index (κ3) is 2.85. The van der Waals surface area contributed by atoms with Crippen molar-refractivity contribution in [1.82, 2.24) is 23.5 Å². The van der Waals surface area contributed by atoms with E-state index < -0.39 is 10.0 Å². The number of hydrogen-bond donors (Lipinski definition) is 1. The summed E-state index contributed by atoms with van der Waals surface area (Å²) in [5, 5.41) is 7.86. The van der Waals surface area contributed by atoms with Gasteiger partial charge in [0.1, 0.15) is 22.3 Å². The predicted octanol–water partition coefficient (Wildman–Crippen LogP) is 2.29. The Labute approximate surface area is 147 Å². The van der Waals surface area contributed by atoms with Gasteiger partial charge in [0.15, 0.2) is 5.82 Å². The van der Waals surface area contributed by atoms with Gasteiger partial charge in [0.05, 0.1) is 11.7 Å². The smallest absolute Gasteiger partial charge is 0.264 e. The molecular weight excluding hydrogens is 360 g/mol. The largest absolute Gasteiger partial charge is 0.317 e. The second kappa shape index (κ2) is 5.90. The first kappa shape index (κ1) is 15.7. The van der Waals surface area contributed by atoms with Crippen molar-refractivity contribution in [1.29, 1.82) is 0 Å². The van der Waals surface area contributed by atoms with Crippen molar-refractivity contribution in [3.63, 3.8) is 0 Å². The van der Waals surface area contributed by atoms with Crippen molar-refractivity contribution in [2.75, 3.05) is 4.72 Å². The number of nitrogens with one attached hydrogen (secondary N) is 1. The van der Waals surface area contributed by atoms with Crippen LogP contribution in [0.15, 0.2) is 53.7 Å². The van der Waals surface area contributed by atoms with Gasteiger partial charge in [0.25, 0.3) is 10.0 Å².